The molecule has 3 N–H and O–H groups in total. The van der Waals surface area contributed by atoms with E-state index in [1.807, 2.05) is 13.8 Å². The third kappa shape index (κ3) is 10.8. The molecule has 0 saturated carbocycles. The number of hydrogen-bond donors (Lipinski definition) is 3. The molecule has 0 spiro atoms. The molecule has 3 atom stereocenters. The fourth-order valence-corrected chi connectivity index (χ4v) is 3.21. The molecule has 0 radical (unpaired) electrons. The number of rotatable bonds is 10. The molecule has 0 aromatic heterocycles. The molecular weight excluding hydrogens is 374 g/mol. The van der Waals surface area contributed by atoms with Crippen LogP contribution in [0.2, 0.25) is 0 Å². The first-order valence-corrected chi connectivity index (χ1v) is 10.7. The molecule has 1 saturated heterocycles. The van der Waals surface area contributed by atoms with Crippen molar-refractivity contribution in [3.8, 4) is 0 Å². The predicted molar refractivity (Wildman–Crippen MR) is 113 cm³/mol. The van der Waals surface area contributed by atoms with E-state index in [0.717, 1.165) is 39.3 Å². The van der Waals surface area contributed by atoms with Gasteiger partial charge in [-0.3, -0.25) is 9.69 Å². The fourth-order valence-electron chi connectivity index (χ4n) is 3.21. The van der Waals surface area contributed by atoms with Crippen LogP contribution in [0.15, 0.2) is 0 Å². The zero-order valence-electron chi connectivity index (χ0n) is 19.0. The van der Waals surface area contributed by atoms with Crippen LogP contribution in [0.3, 0.4) is 0 Å². The van der Waals surface area contributed by atoms with Gasteiger partial charge in [0.15, 0.2) is 0 Å². The van der Waals surface area contributed by atoms with Crippen LogP contribution < -0.4 is 10.6 Å². The van der Waals surface area contributed by atoms with Crippen LogP contribution in [0.25, 0.3) is 0 Å². The quantitative estimate of drug-likeness (QED) is 0.470. The first-order chi connectivity index (χ1) is 13.5. The van der Waals surface area contributed by atoms with E-state index in [2.05, 4.69) is 15.5 Å². The summed E-state index contributed by atoms with van der Waals surface area (Å²) in [5, 5.41) is 16.2. The van der Waals surface area contributed by atoms with Gasteiger partial charge in [-0.1, -0.05) is 13.8 Å². The summed E-state index contributed by atoms with van der Waals surface area (Å²) in [7, 11) is 0. The van der Waals surface area contributed by atoms with Crippen LogP contribution in [0.5, 0.6) is 0 Å². The van der Waals surface area contributed by atoms with Crippen LogP contribution in [0, 0.1) is 11.8 Å². The summed E-state index contributed by atoms with van der Waals surface area (Å²) in [6, 6.07) is -0.514. The number of carbonyl (C=O) groups excluding carboxylic acids is 2. The van der Waals surface area contributed by atoms with Crippen LogP contribution in [-0.4, -0.2) is 79.1 Å². The van der Waals surface area contributed by atoms with Crippen molar-refractivity contribution < 1.29 is 24.2 Å². The molecule has 1 aliphatic heterocycles. The predicted octanol–water partition coefficient (Wildman–Crippen LogP) is 1.76. The average Bonchev–Trinajstić information content (AvgIpc) is 2.61. The number of morpholine rings is 1. The maximum absolute atomic E-state index is 12.6. The summed E-state index contributed by atoms with van der Waals surface area (Å²) < 4.78 is 10.6. The largest absolute Gasteiger partial charge is 0.444 e. The van der Waals surface area contributed by atoms with Gasteiger partial charge in [0, 0.05) is 25.6 Å². The van der Waals surface area contributed by atoms with Crippen molar-refractivity contribution in [3.05, 3.63) is 0 Å². The summed E-state index contributed by atoms with van der Waals surface area (Å²) in [6.07, 6.45) is -0.244. The number of aliphatic hydroxyl groups is 1. The third-order valence-corrected chi connectivity index (χ3v) is 5.01. The molecule has 29 heavy (non-hydrogen) atoms. The van der Waals surface area contributed by atoms with Gasteiger partial charge in [-0.25, -0.2) is 4.79 Å². The second-order valence-corrected chi connectivity index (χ2v) is 9.19. The minimum atomic E-state index is -0.839. The lowest BCUT2D eigenvalue weighted by Gasteiger charge is -2.28. The Labute approximate surface area is 175 Å². The second-order valence-electron chi connectivity index (χ2n) is 9.19. The van der Waals surface area contributed by atoms with E-state index in [9.17, 15) is 14.7 Å². The van der Waals surface area contributed by atoms with Gasteiger partial charge < -0.3 is 25.2 Å². The van der Waals surface area contributed by atoms with Crippen LogP contribution in [-0.2, 0) is 14.3 Å². The average molecular weight is 416 g/mol. The highest BCUT2D eigenvalue weighted by Gasteiger charge is 2.29. The van der Waals surface area contributed by atoms with Gasteiger partial charge in [0.2, 0.25) is 5.91 Å². The molecule has 170 valence electrons. The van der Waals surface area contributed by atoms with Gasteiger partial charge in [-0.05, 0) is 53.0 Å². The number of nitrogens with zero attached hydrogens (tertiary/aromatic N) is 1. The SMILES string of the molecule is CC(C)[C@H](C[C@H](O)[C@H](C)NC(=O)OC(C)(C)C)C(=O)NCCCN1CCOCC1. The van der Waals surface area contributed by atoms with Crippen LogP contribution >= 0.6 is 0 Å². The summed E-state index contributed by atoms with van der Waals surface area (Å²) in [5.74, 6) is -0.292. The van der Waals surface area contributed by atoms with Gasteiger partial charge in [0.25, 0.3) is 0 Å². The first kappa shape index (κ1) is 25.7. The zero-order valence-corrected chi connectivity index (χ0v) is 19.0. The molecule has 0 aliphatic carbocycles. The topological polar surface area (TPSA) is 100 Å². The Morgan fingerprint density at radius 3 is 2.34 bits per heavy atom. The van der Waals surface area contributed by atoms with E-state index < -0.39 is 23.8 Å². The summed E-state index contributed by atoms with van der Waals surface area (Å²) in [4.78, 5) is 26.9. The molecule has 2 amide bonds. The van der Waals surface area contributed by atoms with Crippen molar-refractivity contribution in [1.82, 2.24) is 15.5 Å². The van der Waals surface area contributed by atoms with Crippen molar-refractivity contribution in [1.29, 1.82) is 0 Å². The molecule has 0 unspecified atom stereocenters. The van der Waals surface area contributed by atoms with Crippen molar-refractivity contribution in [3.63, 3.8) is 0 Å². The van der Waals surface area contributed by atoms with E-state index in [1.54, 1.807) is 27.7 Å². The number of alkyl carbamates (subject to hydrolysis) is 1. The van der Waals surface area contributed by atoms with Crippen molar-refractivity contribution in [2.45, 2.75) is 72.1 Å². The van der Waals surface area contributed by atoms with E-state index in [-0.39, 0.29) is 24.2 Å². The van der Waals surface area contributed by atoms with E-state index in [1.165, 1.54) is 0 Å². The van der Waals surface area contributed by atoms with Crippen molar-refractivity contribution in [2.24, 2.45) is 11.8 Å². The first-order valence-electron chi connectivity index (χ1n) is 10.7. The third-order valence-electron chi connectivity index (χ3n) is 5.01. The molecule has 1 heterocycles. The molecule has 1 fully saturated rings. The Kier molecular flexibility index (Phi) is 10.9. The van der Waals surface area contributed by atoms with Crippen molar-refractivity contribution >= 4 is 12.0 Å². The maximum Gasteiger partial charge on any atom is 0.407 e. The normalized spacial score (nSPS) is 18.8. The minimum absolute atomic E-state index is 0.0505. The maximum atomic E-state index is 12.6. The van der Waals surface area contributed by atoms with E-state index in [4.69, 9.17) is 9.47 Å². The van der Waals surface area contributed by atoms with E-state index >= 15 is 0 Å². The number of amides is 2. The molecule has 0 aromatic carbocycles. The minimum Gasteiger partial charge on any atom is -0.444 e. The summed E-state index contributed by atoms with van der Waals surface area (Å²) >= 11 is 0. The molecule has 0 bridgehead atoms. The highest BCUT2D eigenvalue weighted by Crippen LogP contribution is 2.19. The standard InChI is InChI=1S/C21H41N3O5/c1-15(2)17(14-18(25)16(3)23-20(27)29-21(4,5)6)19(26)22-8-7-9-24-10-12-28-13-11-24/h15-18,25H,7-14H2,1-6H3,(H,22,26)(H,23,27)/t16-,17-,18-/m0/s1. The van der Waals surface area contributed by atoms with Gasteiger partial charge in [0.05, 0.1) is 25.4 Å². The lowest BCUT2D eigenvalue weighted by atomic mass is 9.87. The smallest absolute Gasteiger partial charge is 0.407 e. The number of ether oxygens (including phenoxy) is 2. The molecule has 8 nitrogen and oxygen atoms in total. The number of hydrogen-bond acceptors (Lipinski definition) is 6. The number of carbonyl (C=O) groups is 2. The van der Waals surface area contributed by atoms with Crippen LogP contribution in [0.4, 0.5) is 4.79 Å². The summed E-state index contributed by atoms with van der Waals surface area (Å²) in [5.41, 5.74) is -0.601. The number of nitrogens with one attached hydrogen (secondary N) is 2. The van der Waals surface area contributed by atoms with Gasteiger partial charge in [-0.2, -0.15) is 0 Å². The fraction of sp³-hybridized carbons (Fsp3) is 0.905. The van der Waals surface area contributed by atoms with Crippen molar-refractivity contribution in [2.75, 3.05) is 39.4 Å². The van der Waals surface area contributed by atoms with Gasteiger partial charge in [0.1, 0.15) is 5.60 Å². The molecule has 8 heteroatoms. The highest BCUT2D eigenvalue weighted by molar-refractivity contribution is 5.78. The van der Waals surface area contributed by atoms with Gasteiger partial charge in [-0.15, -0.1) is 0 Å². The molecular formula is C21H41N3O5. The highest BCUT2D eigenvalue weighted by atomic mass is 16.6. The lowest BCUT2D eigenvalue weighted by molar-refractivity contribution is -0.127. The molecule has 1 rings (SSSR count). The van der Waals surface area contributed by atoms with Crippen LogP contribution in [0.1, 0.15) is 54.4 Å². The lowest BCUT2D eigenvalue weighted by Crippen LogP contribution is -2.46. The number of aliphatic hydroxyl groups excluding tert-OH is 1. The Morgan fingerprint density at radius 1 is 1.17 bits per heavy atom. The van der Waals surface area contributed by atoms with Gasteiger partial charge >= 0.3 is 6.09 Å². The second kappa shape index (κ2) is 12.3. The summed E-state index contributed by atoms with van der Waals surface area (Å²) in [6.45, 7) is 16.0. The monoisotopic (exact) mass is 415 g/mol. The van der Waals surface area contributed by atoms with E-state index in [0.29, 0.717) is 6.54 Å². The molecule has 1 aliphatic rings. The Hall–Kier alpha value is -1.38. The Balaban J connectivity index is 2.41. The molecule has 0 aromatic rings. The Morgan fingerprint density at radius 2 is 1.79 bits per heavy atom. The zero-order chi connectivity index (χ0) is 22.0. The Bertz CT molecular complexity index is 501.